The van der Waals surface area contributed by atoms with Crippen LogP contribution in [0.5, 0.6) is 0 Å². The molecule has 0 saturated carbocycles. The highest BCUT2D eigenvalue weighted by Gasteiger charge is 2.02. The third-order valence-electron chi connectivity index (χ3n) is 1.56. The van der Waals surface area contributed by atoms with Crippen molar-refractivity contribution in [3.63, 3.8) is 0 Å². The van der Waals surface area contributed by atoms with Crippen molar-refractivity contribution in [3.8, 4) is 12.3 Å². The number of aromatic nitrogens is 2. The number of unbranched alkanes of at least 4 members (excludes halogenated alkanes) is 1. The second-order valence-corrected chi connectivity index (χ2v) is 3.29. The molecule has 2 nitrogen and oxygen atoms in total. The molecule has 0 spiro atoms. The zero-order valence-electron chi connectivity index (χ0n) is 6.93. The molecule has 0 saturated heterocycles. The number of aryl methyl sites for hydroxylation is 1. The Bertz CT molecular complexity index is 331. The van der Waals surface area contributed by atoms with Gasteiger partial charge in [0.2, 0.25) is 0 Å². The van der Waals surface area contributed by atoms with Crippen molar-refractivity contribution in [3.05, 3.63) is 21.9 Å². The van der Waals surface area contributed by atoms with Gasteiger partial charge in [0.25, 0.3) is 0 Å². The summed E-state index contributed by atoms with van der Waals surface area (Å²) in [4.78, 5) is 0. The molecule has 1 rings (SSSR count). The van der Waals surface area contributed by atoms with Crippen molar-refractivity contribution in [2.75, 3.05) is 0 Å². The first-order valence-corrected chi connectivity index (χ1v) is 4.60. The highest BCUT2D eigenvalue weighted by atomic mass is 35.5. The van der Waals surface area contributed by atoms with E-state index in [-0.39, 0.29) is 0 Å². The average molecular weight is 215 g/mol. The van der Waals surface area contributed by atoms with Crippen LogP contribution in [0.2, 0.25) is 10.3 Å². The highest BCUT2D eigenvalue weighted by Crippen LogP contribution is 2.17. The largest absolute Gasteiger partial charge is 0.155 e. The zero-order chi connectivity index (χ0) is 9.68. The molecule has 0 aliphatic heterocycles. The number of rotatable bonds is 3. The molecular formula is C9H8Cl2N2. The minimum Gasteiger partial charge on any atom is -0.137 e. The summed E-state index contributed by atoms with van der Waals surface area (Å²) in [5, 5.41) is 8.07. The maximum atomic E-state index is 5.79. The topological polar surface area (TPSA) is 25.8 Å². The van der Waals surface area contributed by atoms with Crippen molar-refractivity contribution in [2.24, 2.45) is 0 Å². The van der Waals surface area contributed by atoms with Crippen molar-refractivity contribution < 1.29 is 0 Å². The number of hydrogen-bond donors (Lipinski definition) is 0. The van der Waals surface area contributed by atoms with Gasteiger partial charge < -0.3 is 0 Å². The van der Waals surface area contributed by atoms with Gasteiger partial charge in [0.05, 0.1) is 0 Å². The summed E-state index contributed by atoms with van der Waals surface area (Å²) in [7, 11) is 0. The van der Waals surface area contributed by atoms with Crippen LogP contribution in [0, 0.1) is 12.3 Å². The van der Waals surface area contributed by atoms with Crippen molar-refractivity contribution in [2.45, 2.75) is 19.3 Å². The summed E-state index contributed by atoms with van der Waals surface area (Å²) in [6.45, 7) is 0. The molecule has 1 aromatic rings. The summed E-state index contributed by atoms with van der Waals surface area (Å²) >= 11 is 11.4. The molecule has 1 aromatic heterocycles. The summed E-state index contributed by atoms with van der Waals surface area (Å²) in [6.07, 6.45) is 7.53. The SMILES string of the molecule is C#CCCCc1cc(Cl)nnc1Cl. The Morgan fingerprint density at radius 3 is 2.85 bits per heavy atom. The van der Waals surface area contributed by atoms with Crippen LogP contribution in [-0.4, -0.2) is 10.2 Å². The summed E-state index contributed by atoms with van der Waals surface area (Å²) < 4.78 is 0. The molecule has 0 radical (unpaired) electrons. The van der Waals surface area contributed by atoms with E-state index in [0.717, 1.165) is 24.8 Å². The molecule has 0 N–H and O–H groups in total. The molecule has 0 amide bonds. The number of halogens is 2. The van der Waals surface area contributed by atoms with E-state index in [1.165, 1.54) is 0 Å². The van der Waals surface area contributed by atoms with Gasteiger partial charge in [0, 0.05) is 6.42 Å². The summed E-state index contributed by atoms with van der Waals surface area (Å²) in [6, 6.07) is 1.72. The van der Waals surface area contributed by atoms with Crippen LogP contribution in [0.4, 0.5) is 0 Å². The predicted molar refractivity (Wildman–Crippen MR) is 53.8 cm³/mol. The summed E-state index contributed by atoms with van der Waals surface area (Å²) in [5.41, 5.74) is 0.900. The Morgan fingerprint density at radius 2 is 2.15 bits per heavy atom. The van der Waals surface area contributed by atoms with Gasteiger partial charge in [-0.25, -0.2) is 0 Å². The molecular weight excluding hydrogens is 207 g/mol. The van der Waals surface area contributed by atoms with E-state index in [2.05, 4.69) is 16.1 Å². The third-order valence-corrected chi connectivity index (χ3v) is 2.06. The molecule has 0 unspecified atom stereocenters. The molecule has 68 valence electrons. The normalized spacial score (nSPS) is 9.62. The molecule has 0 aromatic carbocycles. The molecule has 4 heteroatoms. The van der Waals surface area contributed by atoms with Gasteiger partial charge in [0.15, 0.2) is 10.3 Å². The Hall–Kier alpha value is -0.780. The lowest BCUT2D eigenvalue weighted by molar-refractivity contribution is 0.843. The van der Waals surface area contributed by atoms with E-state index in [9.17, 15) is 0 Å². The molecule has 0 aliphatic rings. The van der Waals surface area contributed by atoms with E-state index in [0.29, 0.717) is 10.3 Å². The Balaban J connectivity index is 2.65. The minimum absolute atomic E-state index is 0.361. The van der Waals surface area contributed by atoms with Gasteiger partial charge in [-0.15, -0.1) is 22.5 Å². The first kappa shape index (κ1) is 10.3. The molecule has 0 fully saturated rings. The Kier molecular flexibility index (Phi) is 4.01. The fourth-order valence-corrected chi connectivity index (χ4v) is 1.30. The van der Waals surface area contributed by atoms with Gasteiger partial charge in [-0.2, -0.15) is 0 Å². The first-order valence-electron chi connectivity index (χ1n) is 3.85. The van der Waals surface area contributed by atoms with Gasteiger partial charge in [-0.05, 0) is 24.5 Å². The van der Waals surface area contributed by atoms with Crippen molar-refractivity contribution in [1.29, 1.82) is 0 Å². The second kappa shape index (κ2) is 5.06. The minimum atomic E-state index is 0.361. The van der Waals surface area contributed by atoms with E-state index in [1.54, 1.807) is 6.07 Å². The predicted octanol–water partition coefficient (Wildman–Crippen LogP) is 2.74. The number of terminal acetylenes is 1. The molecule has 0 atom stereocenters. The van der Waals surface area contributed by atoms with Crippen LogP contribution in [0.25, 0.3) is 0 Å². The standard InChI is InChI=1S/C9H8Cl2N2/c1-2-3-4-5-7-6-8(10)12-13-9(7)11/h1,6H,3-5H2. The molecule has 13 heavy (non-hydrogen) atoms. The Labute approximate surface area is 87.3 Å². The average Bonchev–Trinajstić information content (AvgIpc) is 2.11. The Morgan fingerprint density at radius 1 is 1.38 bits per heavy atom. The highest BCUT2D eigenvalue weighted by molar-refractivity contribution is 6.31. The monoisotopic (exact) mass is 214 g/mol. The number of nitrogens with zero attached hydrogens (tertiary/aromatic N) is 2. The van der Waals surface area contributed by atoms with Crippen molar-refractivity contribution in [1.82, 2.24) is 10.2 Å². The fraction of sp³-hybridized carbons (Fsp3) is 0.333. The smallest absolute Gasteiger partial charge is 0.137 e. The van der Waals surface area contributed by atoms with Crippen LogP contribution in [0.1, 0.15) is 18.4 Å². The maximum Gasteiger partial charge on any atom is 0.155 e. The molecule has 0 bridgehead atoms. The van der Waals surface area contributed by atoms with Crippen LogP contribution in [0.15, 0.2) is 6.07 Å². The fourth-order valence-electron chi connectivity index (χ4n) is 0.944. The first-order chi connectivity index (χ1) is 6.24. The van der Waals surface area contributed by atoms with Crippen LogP contribution < -0.4 is 0 Å². The lowest BCUT2D eigenvalue weighted by Gasteiger charge is -2.00. The second-order valence-electron chi connectivity index (χ2n) is 2.54. The summed E-state index contributed by atoms with van der Waals surface area (Å²) in [5.74, 6) is 2.56. The van der Waals surface area contributed by atoms with Gasteiger partial charge in [-0.1, -0.05) is 23.2 Å². The van der Waals surface area contributed by atoms with Gasteiger partial charge >= 0.3 is 0 Å². The third kappa shape index (κ3) is 3.22. The van der Waals surface area contributed by atoms with E-state index in [4.69, 9.17) is 29.6 Å². The lowest BCUT2D eigenvalue weighted by Crippen LogP contribution is -1.92. The van der Waals surface area contributed by atoms with E-state index >= 15 is 0 Å². The quantitative estimate of drug-likeness (QED) is 0.572. The van der Waals surface area contributed by atoms with Crippen molar-refractivity contribution >= 4 is 23.2 Å². The zero-order valence-corrected chi connectivity index (χ0v) is 8.44. The number of hydrogen-bond acceptors (Lipinski definition) is 2. The van der Waals surface area contributed by atoms with Gasteiger partial charge in [-0.3, -0.25) is 0 Å². The van der Waals surface area contributed by atoms with Gasteiger partial charge in [0.1, 0.15) is 0 Å². The van der Waals surface area contributed by atoms with Crippen LogP contribution in [0.3, 0.4) is 0 Å². The molecule has 0 aliphatic carbocycles. The maximum absolute atomic E-state index is 5.79. The lowest BCUT2D eigenvalue weighted by atomic mass is 10.1. The van der Waals surface area contributed by atoms with E-state index in [1.807, 2.05) is 0 Å². The van der Waals surface area contributed by atoms with Crippen LogP contribution >= 0.6 is 23.2 Å². The van der Waals surface area contributed by atoms with E-state index < -0.39 is 0 Å². The molecule has 1 heterocycles. The van der Waals surface area contributed by atoms with Crippen LogP contribution in [-0.2, 0) is 6.42 Å².